The van der Waals surface area contributed by atoms with Crippen LogP contribution in [0.4, 0.5) is 0 Å². The zero-order valence-electron chi connectivity index (χ0n) is 20.8. The Balaban J connectivity index is 0.00000181. The van der Waals surface area contributed by atoms with Crippen LogP contribution >= 0.6 is 0 Å². The normalized spacial score (nSPS) is 16.8. The smallest absolute Gasteiger partial charge is 1.00 e. The average molecular weight is 651 g/mol. The Hall–Kier alpha value is -0.413. The number of allylic oxidation sites excluding steroid dienone is 4. The minimum Gasteiger partial charge on any atom is -1.00 e. The fourth-order valence-corrected chi connectivity index (χ4v) is 34.5. The van der Waals surface area contributed by atoms with Crippen LogP contribution < -0.4 is 24.8 Å². The summed E-state index contributed by atoms with van der Waals surface area (Å²) >= 11 is -2.05. The number of hydrogen-bond acceptors (Lipinski definition) is 0. The number of rotatable bonds is 3. The molecule has 0 saturated heterocycles. The molecule has 4 rings (SSSR count). The molecule has 0 saturated carbocycles. The molecule has 0 radical (unpaired) electrons. The summed E-state index contributed by atoms with van der Waals surface area (Å²) in [5, 5.41) is 0. The van der Waals surface area contributed by atoms with Crippen LogP contribution in [-0.4, -0.2) is 5.98 Å². The topological polar surface area (TPSA) is 0 Å². The van der Waals surface area contributed by atoms with E-state index in [0.717, 1.165) is 0 Å². The maximum absolute atomic E-state index is 2.64. The molecule has 4 heteroatoms. The molecule has 0 spiro atoms. The van der Waals surface area contributed by atoms with Crippen molar-refractivity contribution < 1.29 is 45.4 Å². The maximum atomic E-state index is 2.64. The Bertz CT molecular complexity index is 1040. The van der Waals surface area contributed by atoms with E-state index < -0.39 is 26.6 Å². The van der Waals surface area contributed by atoms with Gasteiger partial charge in [-0.25, -0.2) is 0 Å². The van der Waals surface area contributed by atoms with Crippen LogP contribution in [0, 0.1) is 0 Å². The molecular weight excluding hydrogens is 614 g/mol. The van der Waals surface area contributed by atoms with Crippen molar-refractivity contribution in [3.8, 4) is 11.1 Å². The van der Waals surface area contributed by atoms with Crippen LogP contribution in [-0.2, 0) is 31.4 Å². The predicted molar refractivity (Wildman–Crippen MR) is 132 cm³/mol. The van der Waals surface area contributed by atoms with Gasteiger partial charge in [-0.15, -0.1) is 0 Å². The molecule has 2 aromatic carbocycles. The average Bonchev–Trinajstić information content (AvgIpc) is 3.27. The quantitative estimate of drug-likeness (QED) is 0.445. The van der Waals surface area contributed by atoms with E-state index in [1.165, 1.54) is 23.1 Å². The van der Waals surface area contributed by atoms with E-state index in [1.54, 1.807) is 16.7 Å². The van der Waals surface area contributed by atoms with Gasteiger partial charge in [0, 0.05) is 0 Å². The summed E-state index contributed by atoms with van der Waals surface area (Å²) in [6.07, 6.45) is 8.46. The summed E-state index contributed by atoms with van der Waals surface area (Å²) in [4.78, 5) is 0. The Morgan fingerprint density at radius 3 is 2.09 bits per heavy atom. The Morgan fingerprint density at radius 1 is 0.875 bits per heavy atom. The summed E-state index contributed by atoms with van der Waals surface area (Å²) in [7, 11) is 0. The Morgan fingerprint density at radius 2 is 1.56 bits per heavy atom. The van der Waals surface area contributed by atoms with Crippen LogP contribution in [0.5, 0.6) is 0 Å². The molecule has 0 aliphatic heterocycles. The van der Waals surface area contributed by atoms with E-state index in [9.17, 15) is 0 Å². The van der Waals surface area contributed by atoms with Crippen LogP contribution in [0.1, 0.15) is 73.9 Å². The molecule has 2 aromatic rings. The molecule has 0 nitrogen and oxygen atoms in total. The van der Waals surface area contributed by atoms with E-state index in [2.05, 4.69) is 109 Å². The number of halogens is 2. The predicted octanol–water partition coefficient (Wildman–Crippen LogP) is 1.80. The minimum absolute atomic E-state index is 0. The van der Waals surface area contributed by atoms with E-state index in [0.29, 0.717) is 3.67 Å². The van der Waals surface area contributed by atoms with Gasteiger partial charge in [-0.3, -0.25) is 0 Å². The molecule has 0 N–H and O–H groups in total. The molecule has 2 aliphatic carbocycles. The summed E-state index contributed by atoms with van der Waals surface area (Å²) < 4.78 is 2.58. The van der Waals surface area contributed by atoms with Crippen molar-refractivity contribution in [3.05, 3.63) is 80.2 Å². The van der Waals surface area contributed by atoms with Crippen molar-refractivity contribution in [2.45, 2.75) is 75.6 Å². The van der Waals surface area contributed by atoms with Crippen molar-refractivity contribution >= 4 is 5.98 Å². The summed E-state index contributed by atoms with van der Waals surface area (Å²) in [5.41, 5.74) is 9.85. The van der Waals surface area contributed by atoms with E-state index in [4.69, 9.17) is 0 Å². The van der Waals surface area contributed by atoms with E-state index in [-0.39, 0.29) is 35.6 Å². The third-order valence-electron chi connectivity index (χ3n) is 6.80. The molecular formula is C28H37Cl2HfSi. The van der Waals surface area contributed by atoms with Gasteiger partial charge in [-0.2, -0.15) is 0 Å². The molecule has 171 valence electrons. The third kappa shape index (κ3) is 4.99. The standard InChI is InChI=1S/C21H25.C5H5.C2H7Si.2ClH.Hf/c1-20(2,3)15-11-10-14-12-18-16(17(14)13-15)8-7-9-19(18)21(4,5)6;1-2-4-5-3-1;1-3-2;;;/h7-13H,1-6H3;1-3H,4H2;3H,1-2H3;2*1H;/q;;;;;+2/p-2. The molecule has 0 fully saturated rings. The third-order valence-corrected chi connectivity index (χ3v) is 35.6. The molecule has 0 heterocycles. The van der Waals surface area contributed by atoms with Crippen molar-refractivity contribution in [2.75, 3.05) is 0 Å². The van der Waals surface area contributed by atoms with Gasteiger partial charge in [0.05, 0.1) is 0 Å². The first kappa shape index (κ1) is 27.8. The first-order valence-electron chi connectivity index (χ1n) is 11.5. The fraction of sp³-hybridized carbons (Fsp3) is 0.429. The van der Waals surface area contributed by atoms with Gasteiger partial charge in [0.25, 0.3) is 0 Å². The Kier molecular flexibility index (Phi) is 8.75. The molecule has 1 unspecified atom stereocenters. The van der Waals surface area contributed by atoms with Crippen molar-refractivity contribution in [1.29, 1.82) is 0 Å². The fourth-order valence-electron chi connectivity index (χ4n) is 5.30. The zero-order chi connectivity index (χ0) is 21.8. The van der Waals surface area contributed by atoms with E-state index in [1.807, 2.05) is 3.33 Å². The van der Waals surface area contributed by atoms with Crippen molar-refractivity contribution in [1.82, 2.24) is 0 Å². The van der Waals surface area contributed by atoms with E-state index >= 15 is 0 Å². The van der Waals surface area contributed by atoms with Gasteiger partial charge < -0.3 is 24.8 Å². The van der Waals surface area contributed by atoms with Crippen molar-refractivity contribution in [3.63, 3.8) is 0 Å². The second-order valence-corrected chi connectivity index (χ2v) is 38.9. The van der Waals surface area contributed by atoms with Crippen LogP contribution in [0.25, 0.3) is 11.1 Å². The SMILES string of the molecule is C[SiH](C)[Hf+2]([C]1=CC=CC1)[CH]1c2ccc(C(C)(C)C)cc2-c2cccc(C(C)(C)C)c21.[Cl-].[Cl-]. The number of hydrogen-bond donors (Lipinski definition) is 0. The first-order chi connectivity index (χ1) is 14.0. The van der Waals surface area contributed by atoms with Gasteiger partial charge in [0.15, 0.2) is 0 Å². The number of fused-ring (bicyclic) bond motifs is 3. The summed E-state index contributed by atoms with van der Waals surface area (Å²) in [6, 6.07) is 14.6. The summed E-state index contributed by atoms with van der Waals surface area (Å²) in [6.45, 7) is 19.5. The van der Waals surface area contributed by atoms with Crippen LogP contribution in [0.3, 0.4) is 0 Å². The second kappa shape index (κ2) is 10.1. The van der Waals surface area contributed by atoms with Gasteiger partial charge >= 0.3 is 193 Å². The molecule has 32 heavy (non-hydrogen) atoms. The first-order valence-corrected chi connectivity index (χ1v) is 24.5. The molecule has 1 atom stereocenters. The monoisotopic (exact) mass is 651 g/mol. The Labute approximate surface area is 216 Å². The van der Waals surface area contributed by atoms with Crippen LogP contribution in [0.15, 0.2) is 58.0 Å². The van der Waals surface area contributed by atoms with Crippen molar-refractivity contribution in [2.24, 2.45) is 0 Å². The summed E-state index contributed by atoms with van der Waals surface area (Å²) in [5.74, 6) is -0.725. The maximum Gasteiger partial charge on any atom is -1.00 e. The van der Waals surface area contributed by atoms with Crippen LogP contribution in [0.2, 0.25) is 13.1 Å². The van der Waals surface area contributed by atoms with Gasteiger partial charge in [0.2, 0.25) is 0 Å². The molecule has 0 bridgehead atoms. The minimum atomic E-state index is -2.05. The molecule has 2 aliphatic rings. The largest absolute Gasteiger partial charge is 1.00 e. The molecule has 0 aromatic heterocycles. The second-order valence-electron chi connectivity index (χ2n) is 11.4. The zero-order valence-corrected chi connectivity index (χ0v) is 27.1. The van der Waals surface area contributed by atoms with Gasteiger partial charge in [0.1, 0.15) is 0 Å². The van der Waals surface area contributed by atoms with Gasteiger partial charge in [-0.05, 0) is 0 Å². The number of benzene rings is 2. The van der Waals surface area contributed by atoms with Gasteiger partial charge in [-0.1, -0.05) is 0 Å². The molecule has 0 amide bonds.